The van der Waals surface area contributed by atoms with E-state index in [1.54, 1.807) is 18.2 Å². The molecule has 1 aliphatic rings. The van der Waals surface area contributed by atoms with E-state index in [0.29, 0.717) is 40.5 Å². The number of aromatic nitrogens is 2. The molecular formula is C23H24Cl2N4O3. The van der Waals surface area contributed by atoms with Crippen LogP contribution < -0.4 is 10.1 Å². The van der Waals surface area contributed by atoms with E-state index in [1.807, 2.05) is 31.2 Å². The molecule has 1 N–H and O–H groups in total. The number of nitrogens with zero attached hydrogens (tertiary/aromatic N) is 3. The molecule has 1 aromatic heterocycles. The summed E-state index contributed by atoms with van der Waals surface area (Å²) in [6, 6.07) is 12.6. The Morgan fingerprint density at radius 1 is 1.22 bits per heavy atom. The van der Waals surface area contributed by atoms with Gasteiger partial charge in [0.05, 0.1) is 18.2 Å². The quantitative estimate of drug-likeness (QED) is 0.500. The van der Waals surface area contributed by atoms with Gasteiger partial charge >= 0.3 is 0 Å². The molecule has 0 aliphatic carbocycles. The van der Waals surface area contributed by atoms with Crippen LogP contribution in [0.2, 0.25) is 10.0 Å². The van der Waals surface area contributed by atoms with Crippen LogP contribution in [0.4, 0.5) is 5.69 Å². The lowest BCUT2D eigenvalue weighted by Gasteiger charge is -2.30. The minimum absolute atomic E-state index is 0.0341. The third-order valence-electron chi connectivity index (χ3n) is 5.37. The molecule has 7 nitrogen and oxygen atoms in total. The number of nitrogens with one attached hydrogen (secondary N) is 1. The number of amides is 1. The summed E-state index contributed by atoms with van der Waals surface area (Å²) >= 11 is 12.2. The van der Waals surface area contributed by atoms with Crippen molar-refractivity contribution in [1.82, 2.24) is 15.0 Å². The molecule has 1 amide bonds. The summed E-state index contributed by atoms with van der Waals surface area (Å²) in [6.45, 7) is 4.60. The predicted molar refractivity (Wildman–Crippen MR) is 124 cm³/mol. The van der Waals surface area contributed by atoms with Gasteiger partial charge in [-0.3, -0.25) is 9.69 Å². The summed E-state index contributed by atoms with van der Waals surface area (Å²) in [7, 11) is 0. The van der Waals surface area contributed by atoms with Gasteiger partial charge in [-0.1, -0.05) is 34.4 Å². The second-order valence-electron chi connectivity index (χ2n) is 7.64. The molecule has 1 saturated heterocycles. The number of carbonyl (C=O) groups is 1. The van der Waals surface area contributed by atoms with E-state index < -0.39 is 0 Å². The molecular weight excluding hydrogens is 451 g/mol. The summed E-state index contributed by atoms with van der Waals surface area (Å²) in [5.41, 5.74) is 1.43. The van der Waals surface area contributed by atoms with Gasteiger partial charge in [0.1, 0.15) is 5.75 Å². The highest BCUT2D eigenvalue weighted by molar-refractivity contribution is 6.36. The van der Waals surface area contributed by atoms with Gasteiger partial charge in [-0.05, 0) is 63.2 Å². The Morgan fingerprint density at radius 3 is 2.78 bits per heavy atom. The molecule has 0 spiro atoms. The average molecular weight is 475 g/mol. The van der Waals surface area contributed by atoms with Crippen molar-refractivity contribution in [3.8, 4) is 17.1 Å². The van der Waals surface area contributed by atoms with Gasteiger partial charge in [0.2, 0.25) is 17.6 Å². The molecule has 0 bridgehead atoms. The lowest BCUT2D eigenvalue weighted by atomic mass is 9.96. The topological polar surface area (TPSA) is 80.5 Å². The molecule has 0 atom stereocenters. The molecule has 3 aromatic rings. The molecule has 4 rings (SSSR count). The maximum absolute atomic E-state index is 12.7. The van der Waals surface area contributed by atoms with Crippen LogP contribution in [-0.2, 0) is 11.3 Å². The van der Waals surface area contributed by atoms with E-state index >= 15 is 0 Å². The van der Waals surface area contributed by atoms with Gasteiger partial charge in [-0.15, -0.1) is 0 Å². The lowest BCUT2D eigenvalue weighted by Crippen LogP contribution is -2.37. The first-order valence-corrected chi connectivity index (χ1v) is 11.3. The Bertz CT molecular complexity index is 1080. The molecule has 9 heteroatoms. The third kappa shape index (κ3) is 5.59. The second kappa shape index (κ2) is 10.3. The molecule has 1 aliphatic heterocycles. The largest absolute Gasteiger partial charge is 0.494 e. The minimum atomic E-state index is -0.0341. The van der Waals surface area contributed by atoms with Crippen LogP contribution in [0.1, 0.15) is 25.7 Å². The van der Waals surface area contributed by atoms with Crippen LogP contribution in [0.15, 0.2) is 47.0 Å². The standard InChI is InChI=1S/C23H24Cl2N4O3/c1-2-31-18-5-3-4-17(13-18)26-23(30)15-8-10-29(11-9-15)14-21-27-22(28-32-21)19-7-6-16(24)12-20(19)25/h3-7,12-13,15H,2,8-11,14H2,1H3,(H,26,30). The first-order chi connectivity index (χ1) is 15.5. The van der Waals surface area contributed by atoms with Crippen LogP contribution in [0.3, 0.4) is 0 Å². The number of anilines is 1. The summed E-state index contributed by atoms with van der Waals surface area (Å²) < 4.78 is 10.9. The molecule has 32 heavy (non-hydrogen) atoms. The van der Waals surface area contributed by atoms with Crippen molar-refractivity contribution >= 4 is 34.8 Å². The Hall–Kier alpha value is -2.61. The summed E-state index contributed by atoms with van der Waals surface area (Å²) in [5, 5.41) is 8.07. The Labute approximate surface area is 196 Å². The van der Waals surface area contributed by atoms with Gasteiger partial charge in [0.15, 0.2) is 0 Å². The first-order valence-electron chi connectivity index (χ1n) is 10.6. The Morgan fingerprint density at radius 2 is 2.03 bits per heavy atom. The predicted octanol–water partition coefficient (Wildman–Crippen LogP) is 5.29. The van der Waals surface area contributed by atoms with Gasteiger partial charge in [0, 0.05) is 28.3 Å². The number of ether oxygens (including phenoxy) is 1. The van der Waals surface area contributed by atoms with Crippen molar-refractivity contribution in [2.45, 2.75) is 26.3 Å². The second-order valence-corrected chi connectivity index (χ2v) is 8.48. The molecule has 0 saturated carbocycles. The van der Waals surface area contributed by atoms with Gasteiger partial charge in [0.25, 0.3) is 0 Å². The zero-order valence-corrected chi connectivity index (χ0v) is 19.2. The number of likely N-dealkylation sites (tertiary alicyclic amines) is 1. The van der Waals surface area contributed by atoms with Crippen LogP contribution in [0, 0.1) is 5.92 Å². The third-order valence-corrected chi connectivity index (χ3v) is 5.92. The summed E-state index contributed by atoms with van der Waals surface area (Å²) in [6.07, 6.45) is 1.53. The molecule has 0 unspecified atom stereocenters. The van der Waals surface area contributed by atoms with Gasteiger partial charge < -0.3 is 14.6 Å². The highest BCUT2D eigenvalue weighted by Crippen LogP contribution is 2.29. The van der Waals surface area contributed by atoms with E-state index in [-0.39, 0.29) is 11.8 Å². The zero-order chi connectivity index (χ0) is 22.5. The van der Waals surface area contributed by atoms with E-state index in [0.717, 1.165) is 37.4 Å². The number of rotatable bonds is 7. The lowest BCUT2D eigenvalue weighted by molar-refractivity contribution is -0.121. The monoisotopic (exact) mass is 474 g/mol. The Kier molecular flexibility index (Phi) is 7.29. The zero-order valence-electron chi connectivity index (χ0n) is 17.7. The maximum atomic E-state index is 12.7. The molecule has 1 fully saturated rings. The smallest absolute Gasteiger partial charge is 0.241 e. The van der Waals surface area contributed by atoms with E-state index in [9.17, 15) is 4.79 Å². The highest BCUT2D eigenvalue weighted by Gasteiger charge is 2.26. The number of hydrogen-bond donors (Lipinski definition) is 1. The van der Waals surface area contributed by atoms with E-state index in [2.05, 4.69) is 20.4 Å². The van der Waals surface area contributed by atoms with Crippen molar-refractivity contribution in [2.75, 3.05) is 25.0 Å². The van der Waals surface area contributed by atoms with Crippen molar-refractivity contribution in [3.05, 3.63) is 58.4 Å². The fourth-order valence-corrected chi connectivity index (χ4v) is 4.21. The first kappa shape index (κ1) is 22.6. The molecule has 2 heterocycles. The van der Waals surface area contributed by atoms with E-state index in [4.69, 9.17) is 32.5 Å². The number of hydrogen-bond acceptors (Lipinski definition) is 6. The van der Waals surface area contributed by atoms with Crippen LogP contribution in [0.5, 0.6) is 5.75 Å². The number of benzene rings is 2. The van der Waals surface area contributed by atoms with Gasteiger partial charge in [-0.2, -0.15) is 4.98 Å². The summed E-state index contributed by atoms with van der Waals surface area (Å²) in [5.74, 6) is 1.70. The fraction of sp³-hybridized carbons (Fsp3) is 0.348. The SMILES string of the molecule is CCOc1cccc(NC(=O)C2CCN(Cc3nc(-c4ccc(Cl)cc4Cl)no3)CC2)c1. The van der Waals surface area contributed by atoms with Gasteiger partial charge in [-0.25, -0.2) is 0 Å². The van der Waals surface area contributed by atoms with Crippen LogP contribution >= 0.6 is 23.2 Å². The van der Waals surface area contributed by atoms with Crippen molar-refractivity contribution in [3.63, 3.8) is 0 Å². The average Bonchev–Trinajstić information content (AvgIpc) is 3.23. The van der Waals surface area contributed by atoms with Crippen molar-refractivity contribution in [2.24, 2.45) is 5.92 Å². The fourth-order valence-electron chi connectivity index (χ4n) is 3.72. The number of halogens is 2. The van der Waals surface area contributed by atoms with Crippen LogP contribution in [0.25, 0.3) is 11.4 Å². The Balaban J connectivity index is 1.29. The normalized spacial score (nSPS) is 15.0. The van der Waals surface area contributed by atoms with Crippen molar-refractivity contribution in [1.29, 1.82) is 0 Å². The van der Waals surface area contributed by atoms with Crippen molar-refractivity contribution < 1.29 is 14.1 Å². The number of piperidine rings is 1. The minimum Gasteiger partial charge on any atom is -0.494 e. The molecule has 168 valence electrons. The van der Waals surface area contributed by atoms with Crippen LogP contribution in [-0.4, -0.2) is 40.6 Å². The molecule has 2 aromatic carbocycles. The summed E-state index contributed by atoms with van der Waals surface area (Å²) in [4.78, 5) is 19.4. The molecule has 0 radical (unpaired) electrons. The highest BCUT2D eigenvalue weighted by atomic mass is 35.5. The maximum Gasteiger partial charge on any atom is 0.241 e. The van der Waals surface area contributed by atoms with E-state index in [1.165, 1.54) is 0 Å². The number of carbonyl (C=O) groups excluding carboxylic acids is 1.